The van der Waals surface area contributed by atoms with Gasteiger partial charge in [-0.1, -0.05) is 6.58 Å². The molecule has 0 aromatic carbocycles. The first-order valence-electron chi connectivity index (χ1n) is 21.1. The van der Waals surface area contributed by atoms with Crippen molar-refractivity contribution in [3.63, 3.8) is 0 Å². The highest BCUT2D eigenvalue weighted by atomic mass is 32.2. The van der Waals surface area contributed by atoms with Gasteiger partial charge in [-0.3, -0.25) is 23.4 Å². The lowest BCUT2D eigenvalue weighted by Crippen LogP contribution is -2.28. The number of aromatic nitrogens is 10. The Morgan fingerprint density at radius 2 is 1.64 bits per heavy atom. The zero-order valence-corrected chi connectivity index (χ0v) is 39.9. The van der Waals surface area contributed by atoms with Crippen LogP contribution in [0, 0.1) is 5.92 Å². The van der Waals surface area contributed by atoms with Crippen molar-refractivity contribution in [2.24, 2.45) is 5.92 Å². The van der Waals surface area contributed by atoms with Crippen LogP contribution in [0.15, 0.2) is 53.0 Å². The molecule has 1 unspecified atom stereocenters. The third kappa shape index (κ3) is 14.7. The summed E-state index contributed by atoms with van der Waals surface area (Å²) >= 11 is 1.47. The maximum Gasteiger partial charge on any atom is 0.510 e. The molecule has 30 heteroatoms. The maximum absolute atomic E-state index is 13.2. The van der Waals surface area contributed by atoms with Gasteiger partial charge in [-0.15, -0.1) is 11.8 Å². The summed E-state index contributed by atoms with van der Waals surface area (Å²) in [5, 5.41) is 28.1. The third-order valence-electron chi connectivity index (χ3n) is 9.81. The number of nitrogen functional groups attached to an aromatic ring is 3. The molecule has 7 atom stereocenters. The van der Waals surface area contributed by atoms with E-state index in [1.165, 1.54) is 35.3 Å². The second-order valence-corrected chi connectivity index (χ2v) is 19.4. The van der Waals surface area contributed by atoms with Gasteiger partial charge in [0.15, 0.2) is 29.0 Å². The number of imidazole rings is 2. The molecule has 1 saturated heterocycles. The van der Waals surface area contributed by atoms with Crippen molar-refractivity contribution in [3.8, 4) is 0 Å². The molecule has 378 valence electrons. The van der Waals surface area contributed by atoms with Crippen LogP contribution in [0.3, 0.4) is 0 Å². The number of nitrogens with one attached hydrogen (secondary N) is 1. The molecule has 0 spiro atoms. The lowest BCUT2D eigenvalue weighted by molar-refractivity contribution is -0.0134. The number of H-pyrrole nitrogens is 1. The van der Waals surface area contributed by atoms with Gasteiger partial charge in [0.2, 0.25) is 12.7 Å². The molecular weight excluding hydrogens is 954 g/mol. The smallest absolute Gasteiger partial charge is 0.432 e. The molecule has 5 aromatic heterocycles. The predicted octanol–water partition coefficient (Wildman–Crippen LogP) is 1.68. The fraction of sp³-hybridized carbons (Fsp3) is 0.538. The number of hydrogen-bond acceptors (Lipinski definition) is 25. The van der Waals surface area contributed by atoms with E-state index in [9.17, 15) is 34.0 Å². The summed E-state index contributed by atoms with van der Waals surface area (Å²) in [5.74, 6) is 0.692. The largest absolute Gasteiger partial charge is 0.510 e. The summed E-state index contributed by atoms with van der Waals surface area (Å²) < 4.78 is 53.6. The summed E-state index contributed by atoms with van der Waals surface area (Å²) in [7, 11) is -3.76. The number of carbonyl (C=O) groups excluding carboxylic acids is 2. The van der Waals surface area contributed by atoms with Crippen LogP contribution >= 0.6 is 19.1 Å². The van der Waals surface area contributed by atoms with Crippen molar-refractivity contribution in [1.82, 2.24) is 48.6 Å². The molecule has 2 fully saturated rings. The van der Waals surface area contributed by atoms with Crippen molar-refractivity contribution >= 4 is 71.4 Å². The number of aromatic amines is 1. The van der Waals surface area contributed by atoms with Crippen molar-refractivity contribution in [2.45, 2.75) is 89.7 Å². The average Bonchev–Trinajstić information content (AvgIpc) is 4.08. The van der Waals surface area contributed by atoms with Gasteiger partial charge in [0, 0.05) is 17.9 Å². The van der Waals surface area contributed by atoms with Crippen LogP contribution in [0.1, 0.15) is 53.3 Å². The molecule has 0 radical (unpaired) electrons. The Hall–Kier alpha value is -6.20. The minimum atomic E-state index is -3.76. The van der Waals surface area contributed by atoms with Gasteiger partial charge in [0.25, 0.3) is 12.9 Å². The summed E-state index contributed by atoms with van der Waals surface area (Å²) in [4.78, 5) is 72.7. The number of aliphatic hydroxyl groups is 3. The van der Waals surface area contributed by atoms with Gasteiger partial charge in [0.1, 0.15) is 35.7 Å². The lowest BCUT2D eigenvalue weighted by atomic mass is 10.0. The van der Waals surface area contributed by atoms with Crippen LogP contribution in [0.5, 0.6) is 0 Å². The highest BCUT2D eigenvalue weighted by Crippen LogP contribution is 2.47. The van der Waals surface area contributed by atoms with E-state index in [0.717, 1.165) is 0 Å². The topological polar surface area (TPSA) is 397 Å². The summed E-state index contributed by atoms with van der Waals surface area (Å²) in [5.41, 5.74) is 17.8. The highest BCUT2D eigenvalue weighted by molar-refractivity contribution is 8.00. The second kappa shape index (κ2) is 24.4. The first-order valence-corrected chi connectivity index (χ1v) is 24.1. The number of aliphatic hydroxyl groups excluding tert-OH is 3. The standard InChI is InChI=1S/C19H30N5O9P.C12H15N5O3.C8H11N3O3S/c1-12(2)32-18(25)28-9-31-34(27,11-30-19(26)33-13(3)4)10-29-14(5)6-24-8-23-15-16(20)21-7-22-17(15)24;1-5-6(3-18)8(19)2-7(5)17-4-14-9-10(17)15-12(13)16-11(9)20;9-5-1-2-11(8(13)10-5)6-4-15-7(3-12)14-6/h7-8,12-14H,6,9-11H2,1-5H3,(H2,20,21,22);4,6-8,18-19H,1-3H2,(H3,13,15,16,20);1-2,6-7,12H,3-4H2,(H2,9,10,13)/t14-,34?;6-,7-,8-;6-,7+/m100/s1. The molecule has 5 aromatic rings. The highest BCUT2D eigenvalue weighted by Gasteiger charge is 2.38. The Labute approximate surface area is 396 Å². The molecule has 7 rings (SSSR count). The Balaban J connectivity index is 0.000000212. The molecule has 0 amide bonds. The van der Waals surface area contributed by atoms with E-state index in [1.807, 2.05) is 0 Å². The molecule has 10 N–H and O–H groups in total. The molecule has 2 aliphatic rings. The molecule has 0 bridgehead atoms. The number of anilines is 3. The first kappa shape index (κ1) is 53.8. The molecule has 6 heterocycles. The summed E-state index contributed by atoms with van der Waals surface area (Å²) in [6.07, 6.45) is 0.820. The summed E-state index contributed by atoms with van der Waals surface area (Å²) in [6.45, 7) is 11.6. The van der Waals surface area contributed by atoms with E-state index < -0.39 is 74.8 Å². The minimum absolute atomic E-state index is 0.00659. The van der Waals surface area contributed by atoms with E-state index in [1.54, 1.807) is 56.0 Å². The number of ether oxygens (including phenoxy) is 6. The number of fused-ring (bicyclic) bond motifs is 2. The van der Waals surface area contributed by atoms with Gasteiger partial charge in [-0.05, 0) is 52.7 Å². The fourth-order valence-electron chi connectivity index (χ4n) is 6.56. The van der Waals surface area contributed by atoms with Gasteiger partial charge < -0.3 is 70.1 Å². The normalized spacial score (nSPS) is 20.2. The van der Waals surface area contributed by atoms with Crippen molar-refractivity contribution in [2.75, 3.05) is 55.7 Å². The Morgan fingerprint density at radius 1 is 0.942 bits per heavy atom. The minimum Gasteiger partial charge on any atom is -0.432 e. The number of thioether (sulfide) groups is 1. The molecular formula is C39H56N13O15PS. The Bertz CT molecular complexity index is 2720. The Morgan fingerprint density at radius 3 is 2.28 bits per heavy atom. The van der Waals surface area contributed by atoms with Crippen molar-refractivity contribution in [3.05, 3.63) is 64.2 Å². The first-order chi connectivity index (χ1) is 32.7. The van der Waals surface area contributed by atoms with Crippen molar-refractivity contribution < 1.29 is 62.4 Å². The van der Waals surface area contributed by atoms with Gasteiger partial charge in [-0.2, -0.15) is 9.97 Å². The van der Waals surface area contributed by atoms with Gasteiger partial charge in [-0.25, -0.2) is 34.3 Å². The van der Waals surface area contributed by atoms with E-state index >= 15 is 0 Å². The SMILES string of the molecule is C=C1[C@H](CO)[C@@H](O)C[C@@H]1n1cnc2c(=O)[nH]c(N)nc21.CC(C)OC(=O)OCOP(=O)(COC(=O)OC(C)C)CO[C@H](C)Cn1cnc2c(N)ncnc21.Nc1ccn([C@@H]2CS[C@H](CO)O2)c(=O)n1. The van der Waals surface area contributed by atoms with Crippen LogP contribution in [-0.2, 0) is 44.1 Å². The van der Waals surface area contributed by atoms with Gasteiger partial charge in [0.05, 0.1) is 62.9 Å². The zero-order chi connectivity index (χ0) is 50.6. The molecule has 1 aliphatic heterocycles. The van der Waals surface area contributed by atoms with E-state index in [-0.39, 0.29) is 59.9 Å². The molecule has 28 nitrogen and oxygen atoms in total. The molecule has 1 saturated carbocycles. The average molecular weight is 1010 g/mol. The Kier molecular flexibility index (Phi) is 19.0. The second-order valence-electron chi connectivity index (χ2n) is 15.8. The monoisotopic (exact) mass is 1010 g/mol. The molecule has 69 heavy (non-hydrogen) atoms. The van der Waals surface area contributed by atoms with Crippen LogP contribution in [-0.4, -0.2) is 145 Å². The van der Waals surface area contributed by atoms with Crippen LogP contribution in [0.25, 0.3) is 22.3 Å². The fourth-order valence-corrected chi connectivity index (χ4v) is 8.74. The van der Waals surface area contributed by atoms with E-state index in [2.05, 4.69) is 41.5 Å². The van der Waals surface area contributed by atoms with E-state index in [0.29, 0.717) is 41.1 Å². The third-order valence-corrected chi connectivity index (χ3v) is 12.6. The van der Waals surface area contributed by atoms with Gasteiger partial charge >= 0.3 is 18.0 Å². The summed E-state index contributed by atoms with van der Waals surface area (Å²) in [6, 6.07) is 1.28. The predicted molar refractivity (Wildman–Crippen MR) is 247 cm³/mol. The zero-order valence-electron chi connectivity index (χ0n) is 38.2. The van der Waals surface area contributed by atoms with Crippen LogP contribution in [0.4, 0.5) is 27.2 Å². The number of hydrogen-bond donors (Lipinski definition) is 7. The maximum atomic E-state index is 13.2. The van der Waals surface area contributed by atoms with E-state index in [4.69, 9.17) is 55.3 Å². The quantitative estimate of drug-likeness (QED) is 0.0320. The van der Waals surface area contributed by atoms with Crippen LogP contribution in [0.2, 0.25) is 0 Å². The lowest BCUT2D eigenvalue weighted by Gasteiger charge is -2.21. The van der Waals surface area contributed by atoms with Crippen LogP contribution < -0.4 is 28.5 Å². The number of carbonyl (C=O) groups is 2. The number of rotatable bonds is 16. The number of nitrogens with two attached hydrogens (primary N) is 3. The molecule has 1 aliphatic carbocycles. The van der Waals surface area contributed by atoms with Crippen molar-refractivity contribution in [1.29, 1.82) is 0 Å². The number of nitrogens with zero attached hydrogens (tertiary/aromatic N) is 9.